The fourth-order valence-electron chi connectivity index (χ4n) is 2.66. The van der Waals surface area contributed by atoms with Gasteiger partial charge in [0.05, 0.1) is 4.47 Å². The molecule has 0 spiro atoms. The molecule has 2 aromatic carbocycles. The Balaban J connectivity index is 2.18. The molecule has 5 nitrogen and oxygen atoms in total. The second-order valence-corrected chi connectivity index (χ2v) is 9.22. The summed E-state index contributed by atoms with van der Waals surface area (Å²) in [6.07, 6.45) is 0. The number of hydrogen-bond acceptors (Lipinski definition) is 3. The molecule has 0 aromatic heterocycles. The molecule has 0 fully saturated rings. The van der Waals surface area contributed by atoms with E-state index in [0.717, 1.165) is 0 Å². The van der Waals surface area contributed by atoms with Crippen molar-refractivity contribution in [2.45, 2.75) is 45.8 Å². The summed E-state index contributed by atoms with van der Waals surface area (Å²) in [6, 6.07) is 10.0. The smallest absolute Gasteiger partial charge is 0.261 e. The molecule has 0 aliphatic carbocycles. The van der Waals surface area contributed by atoms with Crippen molar-refractivity contribution >= 4 is 39.3 Å². The predicted octanol–water partition coefficient (Wildman–Crippen LogP) is 4.95. The largest absolute Gasteiger partial charge is 0.483 e. The van der Waals surface area contributed by atoms with Crippen LogP contribution >= 0.6 is 27.5 Å². The van der Waals surface area contributed by atoms with E-state index in [-0.39, 0.29) is 30.8 Å². The quantitative estimate of drug-likeness (QED) is 0.586. The standard InChI is InChI=1S/C22H25BrClFN2O3/c1-14(21(29)26-22(2,3)4)27(12-15-5-8-17(25)9-6-15)20(28)13-30-19-10-7-16(24)11-18(19)23/h5-11,14H,12-13H2,1-4H3,(H,26,29)/t14-/m0/s1. The van der Waals surface area contributed by atoms with Crippen molar-refractivity contribution in [3.8, 4) is 5.75 Å². The molecule has 0 aliphatic rings. The molecule has 0 saturated carbocycles. The molecule has 8 heteroatoms. The Morgan fingerprint density at radius 3 is 2.40 bits per heavy atom. The molecule has 0 saturated heterocycles. The van der Waals surface area contributed by atoms with Gasteiger partial charge in [0.25, 0.3) is 5.91 Å². The monoisotopic (exact) mass is 498 g/mol. The SMILES string of the molecule is C[C@@H](C(=O)NC(C)(C)C)N(Cc1ccc(F)cc1)C(=O)COc1ccc(Cl)cc1Br. The van der Waals surface area contributed by atoms with E-state index in [4.69, 9.17) is 16.3 Å². The van der Waals surface area contributed by atoms with Crippen molar-refractivity contribution < 1.29 is 18.7 Å². The normalized spacial score (nSPS) is 12.2. The number of halogens is 3. The molecule has 0 bridgehead atoms. The van der Waals surface area contributed by atoms with Crippen LogP contribution in [0.3, 0.4) is 0 Å². The number of carbonyl (C=O) groups excluding carboxylic acids is 2. The number of hydrogen-bond donors (Lipinski definition) is 1. The Hall–Kier alpha value is -2.12. The lowest BCUT2D eigenvalue weighted by molar-refractivity contribution is -0.142. The van der Waals surface area contributed by atoms with E-state index in [1.165, 1.54) is 17.0 Å². The maximum Gasteiger partial charge on any atom is 0.261 e. The summed E-state index contributed by atoms with van der Waals surface area (Å²) >= 11 is 9.27. The minimum absolute atomic E-state index is 0.142. The first-order chi connectivity index (χ1) is 14.0. The van der Waals surface area contributed by atoms with E-state index in [1.807, 2.05) is 20.8 Å². The zero-order valence-corrected chi connectivity index (χ0v) is 19.7. The number of ether oxygens (including phenoxy) is 1. The fraction of sp³-hybridized carbons (Fsp3) is 0.364. The molecular weight excluding hydrogens is 475 g/mol. The van der Waals surface area contributed by atoms with Gasteiger partial charge >= 0.3 is 0 Å². The second kappa shape index (κ2) is 10.3. The van der Waals surface area contributed by atoms with E-state index in [0.29, 0.717) is 20.8 Å². The predicted molar refractivity (Wildman–Crippen MR) is 119 cm³/mol. The van der Waals surface area contributed by atoms with Gasteiger partial charge in [-0.15, -0.1) is 0 Å². The van der Waals surface area contributed by atoms with Gasteiger partial charge in [0, 0.05) is 17.1 Å². The summed E-state index contributed by atoms with van der Waals surface area (Å²) in [7, 11) is 0. The number of nitrogens with zero attached hydrogens (tertiary/aromatic N) is 1. The minimum atomic E-state index is -0.751. The number of rotatable bonds is 7. The first-order valence-corrected chi connectivity index (χ1v) is 10.6. The highest BCUT2D eigenvalue weighted by Crippen LogP contribution is 2.28. The zero-order chi connectivity index (χ0) is 22.5. The Morgan fingerprint density at radius 2 is 1.83 bits per heavy atom. The van der Waals surface area contributed by atoms with Gasteiger partial charge < -0.3 is 15.0 Å². The van der Waals surface area contributed by atoms with Crippen molar-refractivity contribution in [1.82, 2.24) is 10.2 Å². The van der Waals surface area contributed by atoms with Gasteiger partial charge in [0.15, 0.2) is 6.61 Å². The molecule has 2 rings (SSSR count). The molecule has 162 valence electrons. The van der Waals surface area contributed by atoms with E-state index in [9.17, 15) is 14.0 Å². The summed E-state index contributed by atoms with van der Waals surface area (Å²) in [6.45, 7) is 7.12. The second-order valence-electron chi connectivity index (χ2n) is 7.93. The van der Waals surface area contributed by atoms with Gasteiger partial charge in [-0.1, -0.05) is 23.7 Å². The lowest BCUT2D eigenvalue weighted by Crippen LogP contribution is -2.53. The summed E-state index contributed by atoms with van der Waals surface area (Å²) < 4.78 is 19.5. The van der Waals surface area contributed by atoms with Crippen LogP contribution in [0.1, 0.15) is 33.3 Å². The Morgan fingerprint density at radius 1 is 1.20 bits per heavy atom. The van der Waals surface area contributed by atoms with Crippen LogP contribution in [-0.2, 0) is 16.1 Å². The molecule has 0 heterocycles. The van der Waals surface area contributed by atoms with Gasteiger partial charge in [0.2, 0.25) is 5.91 Å². The number of nitrogens with one attached hydrogen (secondary N) is 1. The molecule has 0 radical (unpaired) electrons. The summed E-state index contributed by atoms with van der Waals surface area (Å²) in [5.74, 6) is -0.573. The Labute approximate surface area is 189 Å². The average molecular weight is 500 g/mol. The van der Waals surface area contributed by atoms with E-state index in [1.54, 1.807) is 37.3 Å². The maximum absolute atomic E-state index is 13.3. The molecule has 1 N–H and O–H groups in total. The lowest BCUT2D eigenvalue weighted by atomic mass is 10.1. The number of benzene rings is 2. The van der Waals surface area contributed by atoms with Crippen LogP contribution in [0.5, 0.6) is 5.75 Å². The van der Waals surface area contributed by atoms with Crippen molar-refractivity contribution in [2.75, 3.05) is 6.61 Å². The molecule has 30 heavy (non-hydrogen) atoms. The van der Waals surface area contributed by atoms with Crippen molar-refractivity contribution in [2.24, 2.45) is 0 Å². The summed E-state index contributed by atoms with van der Waals surface area (Å²) in [5, 5.41) is 3.42. The third-order valence-electron chi connectivity index (χ3n) is 4.18. The third-order valence-corrected chi connectivity index (χ3v) is 5.03. The van der Waals surface area contributed by atoms with Crippen LogP contribution in [-0.4, -0.2) is 34.9 Å². The third kappa shape index (κ3) is 7.29. The summed E-state index contributed by atoms with van der Waals surface area (Å²) in [5.41, 5.74) is 0.258. The van der Waals surface area contributed by atoms with E-state index < -0.39 is 11.6 Å². The van der Waals surface area contributed by atoms with Crippen molar-refractivity contribution in [3.05, 3.63) is 63.3 Å². The highest BCUT2D eigenvalue weighted by Gasteiger charge is 2.28. The van der Waals surface area contributed by atoms with E-state index >= 15 is 0 Å². The molecule has 2 aromatic rings. The van der Waals surface area contributed by atoms with Crippen LogP contribution in [0.15, 0.2) is 46.9 Å². The van der Waals surface area contributed by atoms with Gasteiger partial charge in [0.1, 0.15) is 17.6 Å². The van der Waals surface area contributed by atoms with Crippen LogP contribution in [0, 0.1) is 5.82 Å². The average Bonchev–Trinajstić information content (AvgIpc) is 2.64. The van der Waals surface area contributed by atoms with Crippen molar-refractivity contribution in [3.63, 3.8) is 0 Å². The van der Waals surface area contributed by atoms with Crippen molar-refractivity contribution in [1.29, 1.82) is 0 Å². The van der Waals surface area contributed by atoms with Crippen LogP contribution < -0.4 is 10.1 Å². The van der Waals surface area contributed by atoms with Gasteiger partial charge in [-0.05, 0) is 79.5 Å². The maximum atomic E-state index is 13.3. The summed E-state index contributed by atoms with van der Waals surface area (Å²) in [4.78, 5) is 27.1. The molecule has 1 atom stereocenters. The highest BCUT2D eigenvalue weighted by atomic mass is 79.9. The molecule has 0 aliphatic heterocycles. The first kappa shape index (κ1) is 24.2. The molecule has 2 amide bonds. The molecule has 0 unspecified atom stereocenters. The van der Waals surface area contributed by atoms with Crippen LogP contribution in [0.2, 0.25) is 5.02 Å². The topological polar surface area (TPSA) is 58.6 Å². The zero-order valence-electron chi connectivity index (χ0n) is 17.3. The highest BCUT2D eigenvalue weighted by molar-refractivity contribution is 9.10. The van der Waals surface area contributed by atoms with Gasteiger partial charge in [-0.2, -0.15) is 0 Å². The number of carbonyl (C=O) groups is 2. The van der Waals surface area contributed by atoms with Gasteiger partial charge in [-0.3, -0.25) is 9.59 Å². The molecular formula is C22H25BrClFN2O3. The first-order valence-electron chi connectivity index (χ1n) is 9.40. The van der Waals surface area contributed by atoms with Gasteiger partial charge in [-0.25, -0.2) is 4.39 Å². The Bertz CT molecular complexity index is 900. The Kier molecular flexibility index (Phi) is 8.26. The minimum Gasteiger partial charge on any atom is -0.483 e. The van der Waals surface area contributed by atoms with Crippen LogP contribution in [0.25, 0.3) is 0 Å². The number of amides is 2. The lowest BCUT2D eigenvalue weighted by Gasteiger charge is -2.31. The fourth-order valence-corrected chi connectivity index (χ4v) is 3.46. The van der Waals surface area contributed by atoms with E-state index in [2.05, 4.69) is 21.2 Å². The van der Waals surface area contributed by atoms with Crippen LogP contribution in [0.4, 0.5) is 4.39 Å².